The van der Waals surface area contributed by atoms with Crippen molar-refractivity contribution in [2.24, 2.45) is 16.9 Å². The van der Waals surface area contributed by atoms with Crippen LogP contribution in [0.4, 0.5) is 0 Å². The van der Waals surface area contributed by atoms with Crippen LogP contribution in [0.1, 0.15) is 149 Å². The normalized spacial score (nSPS) is 12.5. The maximum absolute atomic E-state index is 14.4. The Morgan fingerprint density at radius 1 is 0.448 bits per heavy atom. The summed E-state index contributed by atoms with van der Waals surface area (Å²) >= 11 is 0. The fourth-order valence-corrected chi connectivity index (χ4v) is 7.96. The molecule has 0 bridgehead atoms. The first-order valence-electron chi connectivity index (χ1n) is 24.5. The molecule has 4 aromatic rings. The van der Waals surface area contributed by atoms with Crippen LogP contribution >= 0.6 is 0 Å². The molecule has 0 saturated heterocycles. The van der Waals surface area contributed by atoms with E-state index in [4.69, 9.17) is 30.4 Å². The average Bonchev–Trinajstić information content (AvgIpc) is 3.35. The van der Waals surface area contributed by atoms with Gasteiger partial charge in [0.1, 0.15) is 0 Å². The number of hydrogen-bond acceptors (Lipinski definition) is 10. The smallest absolute Gasteiger partial charge is 0.330 e. The molecule has 2 atom stereocenters. The summed E-state index contributed by atoms with van der Waals surface area (Å²) in [6.45, 7) is 5.19. The number of benzene rings is 4. The van der Waals surface area contributed by atoms with Crippen molar-refractivity contribution in [2.75, 3.05) is 26.4 Å². The van der Waals surface area contributed by atoms with Gasteiger partial charge in [0.2, 0.25) is 5.41 Å². The van der Waals surface area contributed by atoms with E-state index in [1.54, 1.807) is 60.7 Å². The van der Waals surface area contributed by atoms with Gasteiger partial charge in [-0.1, -0.05) is 187 Å². The number of carbonyl (C=O) groups excluding carboxylic acids is 4. The molecule has 0 aromatic heterocycles. The van der Waals surface area contributed by atoms with Crippen molar-refractivity contribution in [3.63, 3.8) is 0 Å². The van der Waals surface area contributed by atoms with Crippen LogP contribution in [-0.2, 0) is 51.0 Å². The summed E-state index contributed by atoms with van der Waals surface area (Å²) in [7, 11) is 0. The Morgan fingerprint density at radius 2 is 0.761 bits per heavy atom. The molecule has 0 amide bonds. The van der Waals surface area contributed by atoms with Gasteiger partial charge in [0.05, 0.1) is 38.5 Å². The van der Waals surface area contributed by atoms with Gasteiger partial charge in [-0.15, -0.1) is 0 Å². The summed E-state index contributed by atoms with van der Waals surface area (Å²) in [5.41, 5.74) is 17.4. The number of unbranched alkanes of at least 4 members (excludes halogenated alkanes) is 10. The predicted molar refractivity (Wildman–Crippen MR) is 267 cm³/mol. The largest absolute Gasteiger partial charge is 0.465 e. The van der Waals surface area contributed by atoms with Gasteiger partial charge >= 0.3 is 23.9 Å². The van der Waals surface area contributed by atoms with E-state index in [9.17, 15) is 19.2 Å². The molecular weight excluding hydrogens is 841 g/mol. The monoisotopic (exact) mass is 915 g/mol. The van der Waals surface area contributed by atoms with Crippen molar-refractivity contribution in [1.82, 2.24) is 0 Å². The quantitative estimate of drug-likeness (QED) is 0.0159. The van der Waals surface area contributed by atoms with Crippen molar-refractivity contribution >= 4 is 36.0 Å². The Morgan fingerprint density at radius 3 is 1.09 bits per heavy atom. The van der Waals surface area contributed by atoms with E-state index in [2.05, 4.69) is 38.1 Å². The summed E-state index contributed by atoms with van der Waals surface area (Å²) in [4.78, 5) is 53.3. The lowest BCUT2D eigenvalue weighted by atomic mass is 9.69. The third-order valence-electron chi connectivity index (χ3n) is 11.9. The molecule has 10 heteroatoms. The molecule has 0 fully saturated rings. The zero-order valence-corrected chi connectivity index (χ0v) is 39.9. The molecule has 360 valence electrons. The van der Waals surface area contributed by atoms with Gasteiger partial charge in [-0.05, 0) is 84.1 Å². The second-order valence-electron chi connectivity index (χ2n) is 17.1. The Hall–Kier alpha value is -5.84. The van der Waals surface area contributed by atoms with E-state index >= 15 is 0 Å². The summed E-state index contributed by atoms with van der Waals surface area (Å²) in [6.07, 6.45) is 20.5. The minimum absolute atomic E-state index is 0.0889. The molecule has 67 heavy (non-hydrogen) atoms. The molecule has 2 unspecified atom stereocenters. The van der Waals surface area contributed by atoms with Crippen molar-refractivity contribution < 1.29 is 38.1 Å². The van der Waals surface area contributed by atoms with Crippen molar-refractivity contribution in [1.29, 1.82) is 0 Å². The lowest BCUT2D eigenvalue weighted by molar-refractivity contribution is -0.177. The first kappa shape index (κ1) is 53.8. The predicted octanol–water partition coefficient (Wildman–Crippen LogP) is 11.6. The van der Waals surface area contributed by atoms with Gasteiger partial charge in [-0.3, -0.25) is 9.59 Å². The molecule has 10 nitrogen and oxygen atoms in total. The Kier molecular flexibility index (Phi) is 25.0. The second kappa shape index (κ2) is 31.2. The summed E-state index contributed by atoms with van der Waals surface area (Å²) in [5, 5.41) is 0. The van der Waals surface area contributed by atoms with Crippen LogP contribution in [0.25, 0.3) is 12.2 Å². The van der Waals surface area contributed by atoms with Crippen LogP contribution in [0.5, 0.6) is 0 Å². The number of esters is 4. The van der Waals surface area contributed by atoms with Gasteiger partial charge in [0.15, 0.2) is 0 Å². The van der Waals surface area contributed by atoms with Crippen LogP contribution < -0.4 is 11.5 Å². The van der Waals surface area contributed by atoms with E-state index in [-0.39, 0.29) is 25.2 Å². The van der Waals surface area contributed by atoms with Gasteiger partial charge < -0.3 is 30.4 Å². The molecule has 4 rings (SSSR count). The standard InChI is InChI=1S/C57H74N2O8/c1-3-23-45-29-33-47(34-30-45)37-39-51(60)64-41-19-9-5-7-11-21-43-66-55(62)57(53(58)49-25-15-13-16-26-49,54(59)50-27-17-14-18-28-50)56(63)67-44-22-12-8-6-10-20-42-65-52(61)40-38-48-35-31-46(24-4-2)32-36-48/h13-18,25-40,53-54H,3-12,19-24,41-44,58-59H2,1-2H3/b39-37+,40-38+. The van der Waals surface area contributed by atoms with Gasteiger partial charge in [0, 0.05) is 12.2 Å². The van der Waals surface area contributed by atoms with Crippen molar-refractivity contribution in [2.45, 2.75) is 129 Å². The van der Waals surface area contributed by atoms with E-state index in [0.717, 1.165) is 101 Å². The lowest BCUT2D eigenvalue weighted by Gasteiger charge is -2.39. The van der Waals surface area contributed by atoms with E-state index in [0.29, 0.717) is 37.2 Å². The molecular formula is C57H74N2O8. The summed E-state index contributed by atoms with van der Waals surface area (Å²) in [5.74, 6) is -2.34. The minimum Gasteiger partial charge on any atom is -0.465 e. The highest BCUT2D eigenvalue weighted by molar-refractivity contribution is 6.02. The lowest BCUT2D eigenvalue weighted by Crippen LogP contribution is -2.56. The molecule has 4 N–H and O–H groups in total. The number of rotatable bonds is 32. The Balaban J connectivity index is 1.21. The highest BCUT2D eigenvalue weighted by Crippen LogP contribution is 2.44. The van der Waals surface area contributed by atoms with Gasteiger partial charge in [0.25, 0.3) is 0 Å². The topological polar surface area (TPSA) is 157 Å². The molecule has 0 saturated carbocycles. The van der Waals surface area contributed by atoms with Crippen LogP contribution in [0, 0.1) is 5.41 Å². The number of aryl methyl sites for hydroxylation is 2. The molecule has 0 aliphatic rings. The van der Waals surface area contributed by atoms with Crippen LogP contribution in [-0.4, -0.2) is 50.3 Å². The summed E-state index contributed by atoms with van der Waals surface area (Å²) in [6, 6.07) is 32.0. The fourth-order valence-electron chi connectivity index (χ4n) is 7.96. The number of carbonyl (C=O) groups is 4. The molecule has 0 radical (unpaired) electrons. The Labute approximate surface area is 399 Å². The third-order valence-corrected chi connectivity index (χ3v) is 11.9. The zero-order chi connectivity index (χ0) is 48.0. The van der Waals surface area contributed by atoms with E-state index < -0.39 is 29.4 Å². The van der Waals surface area contributed by atoms with Crippen LogP contribution in [0.3, 0.4) is 0 Å². The van der Waals surface area contributed by atoms with Crippen LogP contribution in [0.15, 0.2) is 121 Å². The first-order valence-corrected chi connectivity index (χ1v) is 24.5. The van der Waals surface area contributed by atoms with Gasteiger partial charge in [-0.2, -0.15) is 0 Å². The molecule has 0 aliphatic heterocycles. The highest BCUT2D eigenvalue weighted by Gasteiger charge is 2.59. The third kappa shape index (κ3) is 18.8. The number of nitrogens with two attached hydrogens (primary N) is 2. The van der Waals surface area contributed by atoms with E-state index in [1.165, 1.54) is 23.3 Å². The maximum atomic E-state index is 14.4. The number of hydrogen-bond donors (Lipinski definition) is 2. The van der Waals surface area contributed by atoms with Crippen molar-refractivity contribution in [3.05, 3.63) is 155 Å². The SMILES string of the molecule is CCCc1ccc(/C=C/C(=O)OCCCCCCCCOC(=O)C(C(=O)OCCCCCCCCOC(=O)/C=C/c2ccc(CCC)cc2)(C(N)c2ccccc2)C(N)c2ccccc2)cc1. The second-order valence-corrected chi connectivity index (χ2v) is 17.1. The number of ether oxygens (including phenoxy) is 4. The molecule has 4 aromatic carbocycles. The van der Waals surface area contributed by atoms with Crippen molar-refractivity contribution in [3.8, 4) is 0 Å². The molecule has 0 heterocycles. The fraction of sp³-hybridized carbons (Fsp3) is 0.439. The first-order chi connectivity index (χ1) is 32.7. The van der Waals surface area contributed by atoms with E-state index in [1.807, 2.05) is 36.4 Å². The average molecular weight is 915 g/mol. The van der Waals surface area contributed by atoms with Gasteiger partial charge in [-0.25, -0.2) is 9.59 Å². The zero-order valence-electron chi connectivity index (χ0n) is 39.9. The molecule has 0 aliphatic carbocycles. The summed E-state index contributed by atoms with van der Waals surface area (Å²) < 4.78 is 22.6. The molecule has 0 spiro atoms. The van der Waals surface area contributed by atoms with Crippen LogP contribution in [0.2, 0.25) is 0 Å². The Bertz CT molecular complexity index is 1930. The highest BCUT2D eigenvalue weighted by atomic mass is 16.6. The minimum atomic E-state index is -2.07. The maximum Gasteiger partial charge on any atom is 0.330 e.